The highest BCUT2D eigenvalue weighted by Crippen LogP contribution is 2.32. The van der Waals surface area contributed by atoms with Crippen LogP contribution in [0.5, 0.6) is 11.5 Å². The molecule has 0 atom stereocenters. The lowest BCUT2D eigenvalue weighted by molar-refractivity contribution is 0.0483. The van der Waals surface area contributed by atoms with Crippen molar-refractivity contribution in [2.24, 2.45) is 0 Å². The fourth-order valence-electron chi connectivity index (χ4n) is 1.10. The van der Waals surface area contributed by atoms with E-state index < -0.39 is 0 Å². The van der Waals surface area contributed by atoms with E-state index in [2.05, 4.69) is 0 Å². The number of methoxy groups -OCH3 is 2. The molecule has 0 saturated heterocycles. The summed E-state index contributed by atoms with van der Waals surface area (Å²) in [6.45, 7) is 1.70. The van der Waals surface area contributed by atoms with Gasteiger partial charge in [-0.3, -0.25) is 0 Å². The quantitative estimate of drug-likeness (QED) is 0.697. The van der Waals surface area contributed by atoms with Crippen LogP contribution in [0.15, 0.2) is 12.1 Å². The highest BCUT2D eigenvalue weighted by molar-refractivity contribution is 5.46. The standard InChI is InChI=1S/C10H13FO3/c1-7-8(11)4-5-9(13-3)10(7)14-6-12-2/h4-5H,6H2,1-3H3. The SMILES string of the molecule is COCOc1c(OC)ccc(F)c1C. The van der Waals surface area contributed by atoms with Crippen molar-refractivity contribution in [3.63, 3.8) is 0 Å². The number of halogens is 1. The van der Waals surface area contributed by atoms with Gasteiger partial charge in [0.1, 0.15) is 5.82 Å². The van der Waals surface area contributed by atoms with Gasteiger partial charge in [-0.25, -0.2) is 4.39 Å². The molecule has 0 N–H and O–H groups in total. The molecule has 0 fully saturated rings. The van der Waals surface area contributed by atoms with Gasteiger partial charge in [0.25, 0.3) is 0 Å². The van der Waals surface area contributed by atoms with Gasteiger partial charge in [0.2, 0.25) is 0 Å². The Bertz CT molecular complexity index is 312. The van der Waals surface area contributed by atoms with Crippen molar-refractivity contribution in [3.8, 4) is 11.5 Å². The van der Waals surface area contributed by atoms with Gasteiger partial charge < -0.3 is 14.2 Å². The number of ether oxygens (including phenoxy) is 3. The van der Waals surface area contributed by atoms with Crippen LogP contribution in [0.1, 0.15) is 5.56 Å². The van der Waals surface area contributed by atoms with Gasteiger partial charge in [-0.15, -0.1) is 0 Å². The van der Waals surface area contributed by atoms with Crippen LogP contribution in [0.3, 0.4) is 0 Å². The lowest BCUT2D eigenvalue weighted by Crippen LogP contribution is -2.03. The predicted molar refractivity (Wildman–Crippen MR) is 50.2 cm³/mol. The lowest BCUT2D eigenvalue weighted by atomic mass is 10.2. The van der Waals surface area contributed by atoms with Crippen molar-refractivity contribution in [3.05, 3.63) is 23.5 Å². The molecule has 1 aromatic rings. The molecule has 0 heterocycles. The molecular weight excluding hydrogens is 187 g/mol. The van der Waals surface area contributed by atoms with E-state index in [4.69, 9.17) is 14.2 Å². The lowest BCUT2D eigenvalue weighted by Gasteiger charge is -2.12. The van der Waals surface area contributed by atoms with Gasteiger partial charge in [-0.2, -0.15) is 0 Å². The van der Waals surface area contributed by atoms with E-state index >= 15 is 0 Å². The fraction of sp³-hybridized carbons (Fsp3) is 0.400. The van der Waals surface area contributed by atoms with Crippen LogP contribution in [-0.4, -0.2) is 21.0 Å². The molecule has 14 heavy (non-hydrogen) atoms. The minimum Gasteiger partial charge on any atom is -0.493 e. The van der Waals surface area contributed by atoms with Crippen molar-refractivity contribution in [1.29, 1.82) is 0 Å². The monoisotopic (exact) mass is 200 g/mol. The van der Waals surface area contributed by atoms with Gasteiger partial charge in [0, 0.05) is 12.7 Å². The van der Waals surface area contributed by atoms with Crippen LogP contribution < -0.4 is 9.47 Å². The Morgan fingerprint density at radius 1 is 1.29 bits per heavy atom. The summed E-state index contributed by atoms with van der Waals surface area (Å²) in [5, 5.41) is 0. The highest BCUT2D eigenvalue weighted by Gasteiger charge is 2.11. The average Bonchev–Trinajstić information content (AvgIpc) is 2.20. The summed E-state index contributed by atoms with van der Waals surface area (Å²) in [7, 11) is 3.01. The Balaban J connectivity index is 3.01. The van der Waals surface area contributed by atoms with Crippen LogP contribution in [-0.2, 0) is 4.74 Å². The zero-order valence-corrected chi connectivity index (χ0v) is 8.46. The first kappa shape index (κ1) is 10.8. The Hall–Kier alpha value is -1.29. The first-order valence-corrected chi connectivity index (χ1v) is 4.15. The summed E-state index contributed by atoms with van der Waals surface area (Å²) in [5.41, 5.74) is 0.418. The number of benzene rings is 1. The molecule has 0 saturated carbocycles. The Morgan fingerprint density at radius 2 is 2.00 bits per heavy atom. The molecule has 0 aliphatic rings. The average molecular weight is 200 g/mol. The van der Waals surface area contributed by atoms with E-state index in [1.165, 1.54) is 26.4 Å². The second kappa shape index (κ2) is 4.81. The minimum absolute atomic E-state index is 0.0701. The first-order chi connectivity index (χ1) is 6.70. The normalized spacial score (nSPS) is 10.0. The number of rotatable bonds is 4. The molecule has 0 spiro atoms. The molecule has 78 valence electrons. The maximum Gasteiger partial charge on any atom is 0.188 e. The summed E-state index contributed by atoms with van der Waals surface area (Å²) in [6, 6.07) is 2.86. The molecule has 0 radical (unpaired) electrons. The molecular formula is C10H13FO3. The number of hydrogen-bond acceptors (Lipinski definition) is 3. The van der Waals surface area contributed by atoms with Crippen molar-refractivity contribution in [1.82, 2.24) is 0 Å². The van der Waals surface area contributed by atoms with Gasteiger partial charge in [0.15, 0.2) is 18.3 Å². The van der Waals surface area contributed by atoms with E-state index in [1.54, 1.807) is 6.92 Å². The second-order valence-corrected chi connectivity index (χ2v) is 2.75. The van der Waals surface area contributed by atoms with E-state index in [1.807, 2.05) is 0 Å². The topological polar surface area (TPSA) is 27.7 Å². The molecule has 3 nitrogen and oxygen atoms in total. The molecule has 0 aliphatic heterocycles. The van der Waals surface area contributed by atoms with Crippen LogP contribution in [0.2, 0.25) is 0 Å². The first-order valence-electron chi connectivity index (χ1n) is 4.15. The molecule has 4 heteroatoms. The number of hydrogen-bond donors (Lipinski definition) is 0. The molecule has 0 aromatic heterocycles. The van der Waals surface area contributed by atoms with Gasteiger partial charge in [-0.05, 0) is 19.1 Å². The van der Waals surface area contributed by atoms with Crippen LogP contribution in [0.25, 0.3) is 0 Å². The third-order valence-corrected chi connectivity index (χ3v) is 1.84. The Morgan fingerprint density at radius 3 is 2.57 bits per heavy atom. The molecule has 0 unspecified atom stereocenters. The minimum atomic E-state index is -0.322. The van der Waals surface area contributed by atoms with Gasteiger partial charge >= 0.3 is 0 Å². The van der Waals surface area contributed by atoms with Crippen molar-refractivity contribution < 1.29 is 18.6 Å². The summed E-state index contributed by atoms with van der Waals surface area (Å²) in [4.78, 5) is 0. The van der Waals surface area contributed by atoms with Crippen LogP contribution in [0, 0.1) is 12.7 Å². The summed E-state index contributed by atoms with van der Waals surface area (Å²) < 4.78 is 28.1. The smallest absolute Gasteiger partial charge is 0.188 e. The maximum absolute atomic E-state index is 13.1. The highest BCUT2D eigenvalue weighted by atomic mass is 19.1. The Kier molecular flexibility index (Phi) is 3.71. The molecule has 1 aromatic carbocycles. The molecule has 0 amide bonds. The third kappa shape index (κ3) is 2.14. The Labute approximate surface area is 82.4 Å². The zero-order valence-electron chi connectivity index (χ0n) is 8.46. The molecule has 1 rings (SSSR count). The van der Waals surface area contributed by atoms with Gasteiger partial charge in [0.05, 0.1) is 7.11 Å². The van der Waals surface area contributed by atoms with E-state index in [0.717, 1.165) is 0 Å². The molecule has 0 bridgehead atoms. The molecule has 0 aliphatic carbocycles. The van der Waals surface area contributed by atoms with E-state index in [-0.39, 0.29) is 12.6 Å². The van der Waals surface area contributed by atoms with Crippen LogP contribution >= 0.6 is 0 Å². The van der Waals surface area contributed by atoms with Crippen molar-refractivity contribution in [2.75, 3.05) is 21.0 Å². The largest absolute Gasteiger partial charge is 0.493 e. The zero-order chi connectivity index (χ0) is 10.6. The summed E-state index contributed by atoms with van der Waals surface area (Å²) >= 11 is 0. The van der Waals surface area contributed by atoms with Gasteiger partial charge in [-0.1, -0.05) is 0 Å². The summed E-state index contributed by atoms with van der Waals surface area (Å²) in [6.07, 6.45) is 0. The van der Waals surface area contributed by atoms with E-state index in [0.29, 0.717) is 17.1 Å². The maximum atomic E-state index is 13.1. The van der Waals surface area contributed by atoms with E-state index in [9.17, 15) is 4.39 Å². The van der Waals surface area contributed by atoms with Crippen molar-refractivity contribution >= 4 is 0 Å². The summed E-state index contributed by atoms with van der Waals surface area (Å²) in [5.74, 6) is 0.562. The predicted octanol–water partition coefficient (Wildman–Crippen LogP) is 2.13. The second-order valence-electron chi connectivity index (χ2n) is 2.75. The van der Waals surface area contributed by atoms with Crippen LogP contribution in [0.4, 0.5) is 4.39 Å². The fourth-order valence-corrected chi connectivity index (χ4v) is 1.10. The van der Waals surface area contributed by atoms with Crippen molar-refractivity contribution in [2.45, 2.75) is 6.92 Å². The third-order valence-electron chi connectivity index (χ3n) is 1.84.